The summed E-state index contributed by atoms with van der Waals surface area (Å²) in [4.78, 5) is 24.0. The van der Waals surface area contributed by atoms with Gasteiger partial charge in [0, 0.05) is 25.0 Å². The number of ether oxygens (including phenoxy) is 1. The average Bonchev–Trinajstić information content (AvgIpc) is 3.11. The fourth-order valence-corrected chi connectivity index (χ4v) is 2.23. The van der Waals surface area contributed by atoms with E-state index >= 15 is 0 Å². The minimum absolute atomic E-state index is 0.00441. The molecule has 0 aliphatic rings. The number of aromatic nitrogens is 2. The summed E-state index contributed by atoms with van der Waals surface area (Å²) in [5.74, 6) is -0.441. The highest BCUT2D eigenvalue weighted by Gasteiger charge is 2.11. The average molecular weight is 327 g/mol. The van der Waals surface area contributed by atoms with E-state index in [1.807, 2.05) is 12.3 Å². The molecule has 2 heterocycles. The second-order valence-electron chi connectivity index (χ2n) is 5.11. The maximum absolute atomic E-state index is 12.0. The van der Waals surface area contributed by atoms with Crippen LogP contribution in [0, 0.1) is 0 Å². The third-order valence-electron chi connectivity index (χ3n) is 3.41. The molecular formula is C17H17N3O4. The van der Waals surface area contributed by atoms with E-state index < -0.39 is 5.91 Å². The highest BCUT2D eigenvalue weighted by Crippen LogP contribution is 2.11. The van der Waals surface area contributed by atoms with Crippen LogP contribution in [0.3, 0.4) is 0 Å². The summed E-state index contributed by atoms with van der Waals surface area (Å²) in [6.07, 6.45) is 3.56. The largest absolute Gasteiger partial charge is 0.451 e. The third-order valence-corrected chi connectivity index (χ3v) is 3.41. The lowest BCUT2D eigenvalue weighted by Gasteiger charge is -2.07. The summed E-state index contributed by atoms with van der Waals surface area (Å²) in [7, 11) is 0. The molecule has 0 spiro atoms. The molecule has 1 aromatic carbocycles. The van der Waals surface area contributed by atoms with Gasteiger partial charge in [0.1, 0.15) is 5.58 Å². The summed E-state index contributed by atoms with van der Waals surface area (Å²) in [5, 5.41) is 7.18. The maximum atomic E-state index is 12.0. The first-order valence-electron chi connectivity index (χ1n) is 7.60. The molecule has 3 aromatic rings. The van der Waals surface area contributed by atoms with Gasteiger partial charge in [-0.15, -0.1) is 0 Å². The van der Waals surface area contributed by atoms with Crippen LogP contribution in [0.5, 0.6) is 0 Å². The van der Waals surface area contributed by atoms with Crippen LogP contribution in [0.2, 0.25) is 0 Å². The Bertz CT molecular complexity index is 871. The Hall–Kier alpha value is -2.93. The molecule has 124 valence electrons. The van der Waals surface area contributed by atoms with E-state index in [4.69, 9.17) is 9.15 Å². The van der Waals surface area contributed by atoms with Crippen molar-refractivity contribution in [3.63, 3.8) is 0 Å². The first kappa shape index (κ1) is 15.9. The van der Waals surface area contributed by atoms with Gasteiger partial charge < -0.3 is 14.5 Å². The zero-order chi connectivity index (χ0) is 16.8. The molecule has 0 aliphatic heterocycles. The van der Waals surface area contributed by atoms with Crippen LogP contribution in [-0.2, 0) is 11.3 Å². The topological polar surface area (TPSA) is 86.4 Å². The molecule has 1 amide bonds. The molecule has 1 N–H and O–H groups in total. The van der Waals surface area contributed by atoms with Gasteiger partial charge in [0.05, 0.1) is 25.1 Å². The van der Waals surface area contributed by atoms with Crippen LogP contribution in [0.1, 0.15) is 10.6 Å². The number of carbonyl (C=O) groups is 1. The van der Waals surface area contributed by atoms with Gasteiger partial charge in [-0.3, -0.25) is 14.3 Å². The van der Waals surface area contributed by atoms with Crippen LogP contribution in [-0.4, -0.2) is 35.4 Å². The minimum atomic E-state index is -0.437. The number of nitrogens with one attached hydrogen (secondary N) is 1. The quantitative estimate of drug-likeness (QED) is 0.664. The number of benzene rings is 1. The highest BCUT2D eigenvalue weighted by atomic mass is 16.5. The Kier molecular flexibility index (Phi) is 5.02. The van der Waals surface area contributed by atoms with E-state index in [2.05, 4.69) is 10.4 Å². The van der Waals surface area contributed by atoms with E-state index in [0.717, 1.165) is 0 Å². The van der Waals surface area contributed by atoms with Gasteiger partial charge >= 0.3 is 0 Å². The fourth-order valence-electron chi connectivity index (χ4n) is 2.23. The smallest absolute Gasteiger partial charge is 0.287 e. The zero-order valence-electron chi connectivity index (χ0n) is 13.0. The maximum Gasteiger partial charge on any atom is 0.287 e. The van der Waals surface area contributed by atoms with Gasteiger partial charge in [0.15, 0.2) is 11.2 Å². The molecule has 3 rings (SSSR count). The predicted molar refractivity (Wildman–Crippen MR) is 87.9 cm³/mol. The lowest BCUT2D eigenvalue weighted by molar-refractivity contribution is 0.0881. The molecule has 0 unspecified atom stereocenters. The Labute approximate surface area is 137 Å². The van der Waals surface area contributed by atoms with Crippen LogP contribution in [0.4, 0.5) is 0 Å². The Morgan fingerprint density at radius 3 is 2.96 bits per heavy atom. The first-order chi connectivity index (χ1) is 11.7. The first-order valence-corrected chi connectivity index (χ1v) is 7.60. The van der Waals surface area contributed by atoms with Crippen molar-refractivity contribution >= 4 is 16.9 Å². The van der Waals surface area contributed by atoms with Crippen molar-refractivity contribution in [3.05, 3.63) is 64.8 Å². The van der Waals surface area contributed by atoms with E-state index in [1.54, 1.807) is 35.1 Å². The molecule has 0 aliphatic carbocycles. The third kappa shape index (κ3) is 3.88. The number of para-hydroxylation sites is 1. The van der Waals surface area contributed by atoms with E-state index in [-0.39, 0.29) is 11.2 Å². The minimum Gasteiger partial charge on any atom is -0.451 e. The monoisotopic (exact) mass is 327 g/mol. The van der Waals surface area contributed by atoms with Gasteiger partial charge in [0.2, 0.25) is 0 Å². The molecule has 2 aromatic heterocycles. The van der Waals surface area contributed by atoms with Crippen LogP contribution >= 0.6 is 0 Å². The number of hydrogen-bond donors (Lipinski definition) is 1. The number of hydrogen-bond acceptors (Lipinski definition) is 5. The van der Waals surface area contributed by atoms with Crippen molar-refractivity contribution in [3.8, 4) is 0 Å². The summed E-state index contributed by atoms with van der Waals surface area (Å²) in [6, 6.07) is 9.87. The SMILES string of the molecule is O=C(NCCOCCn1cccn1)c1cc(=O)c2ccccc2o1. The molecular weight excluding hydrogens is 310 g/mol. The molecule has 0 bridgehead atoms. The normalized spacial score (nSPS) is 10.8. The lowest BCUT2D eigenvalue weighted by atomic mass is 10.2. The van der Waals surface area contributed by atoms with E-state index in [1.165, 1.54) is 6.07 Å². The molecule has 0 saturated heterocycles. The second-order valence-corrected chi connectivity index (χ2v) is 5.11. The highest BCUT2D eigenvalue weighted by molar-refractivity contribution is 5.93. The van der Waals surface area contributed by atoms with Crippen molar-refractivity contribution in [1.29, 1.82) is 0 Å². The lowest BCUT2D eigenvalue weighted by Crippen LogP contribution is -2.28. The van der Waals surface area contributed by atoms with Crippen LogP contribution in [0.25, 0.3) is 11.0 Å². The molecule has 0 fully saturated rings. The Balaban J connectivity index is 1.47. The van der Waals surface area contributed by atoms with Gasteiger partial charge in [-0.1, -0.05) is 12.1 Å². The number of carbonyl (C=O) groups excluding carboxylic acids is 1. The zero-order valence-corrected chi connectivity index (χ0v) is 13.0. The van der Waals surface area contributed by atoms with Gasteiger partial charge in [-0.2, -0.15) is 5.10 Å². The van der Waals surface area contributed by atoms with Crippen molar-refractivity contribution in [2.75, 3.05) is 19.8 Å². The summed E-state index contributed by atoms with van der Waals surface area (Å²) >= 11 is 0. The number of amides is 1. The molecule has 0 atom stereocenters. The van der Waals surface area contributed by atoms with Crippen LogP contribution in [0.15, 0.2) is 58.0 Å². The van der Waals surface area contributed by atoms with Gasteiger partial charge in [0.25, 0.3) is 5.91 Å². The van der Waals surface area contributed by atoms with Crippen molar-refractivity contribution in [2.24, 2.45) is 0 Å². The molecule has 7 heteroatoms. The van der Waals surface area contributed by atoms with Crippen LogP contribution < -0.4 is 10.7 Å². The van der Waals surface area contributed by atoms with Crippen molar-refractivity contribution in [1.82, 2.24) is 15.1 Å². The van der Waals surface area contributed by atoms with Gasteiger partial charge in [-0.25, -0.2) is 0 Å². The summed E-state index contributed by atoms with van der Waals surface area (Å²) in [5.41, 5.74) is 0.156. The Morgan fingerprint density at radius 1 is 1.25 bits per heavy atom. The standard InChI is InChI=1S/C17H17N3O4/c21-14-12-16(24-15-5-2-1-4-13(14)15)17(22)18-7-10-23-11-9-20-8-3-6-19-20/h1-6,8,12H,7,9-11H2,(H,18,22). The fraction of sp³-hybridized carbons (Fsp3) is 0.235. The van der Waals surface area contributed by atoms with Crippen molar-refractivity contribution in [2.45, 2.75) is 6.54 Å². The number of rotatable bonds is 7. The summed E-state index contributed by atoms with van der Waals surface area (Å²) in [6.45, 7) is 1.85. The molecule has 0 saturated carbocycles. The van der Waals surface area contributed by atoms with Gasteiger partial charge in [-0.05, 0) is 18.2 Å². The molecule has 7 nitrogen and oxygen atoms in total. The summed E-state index contributed by atoms with van der Waals surface area (Å²) < 4.78 is 12.7. The Morgan fingerprint density at radius 2 is 2.12 bits per heavy atom. The number of nitrogens with zero attached hydrogens (tertiary/aromatic N) is 2. The van der Waals surface area contributed by atoms with E-state index in [0.29, 0.717) is 37.3 Å². The van der Waals surface area contributed by atoms with E-state index in [9.17, 15) is 9.59 Å². The second kappa shape index (κ2) is 7.56. The number of fused-ring (bicyclic) bond motifs is 1. The molecule has 0 radical (unpaired) electrons. The molecule has 24 heavy (non-hydrogen) atoms. The van der Waals surface area contributed by atoms with Crippen molar-refractivity contribution < 1.29 is 13.9 Å². The predicted octanol–water partition coefficient (Wildman–Crippen LogP) is 1.44.